The van der Waals surface area contributed by atoms with Crippen LogP contribution in [0.2, 0.25) is 0 Å². The quantitative estimate of drug-likeness (QED) is 0.513. The van der Waals surface area contributed by atoms with Crippen LogP contribution in [-0.4, -0.2) is 37.1 Å². The van der Waals surface area contributed by atoms with E-state index < -0.39 is 6.09 Å². The fourth-order valence-corrected chi connectivity index (χ4v) is 4.08. The number of benzene rings is 2. The highest BCUT2D eigenvalue weighted by Gasteiger charge is 2.26. The van der Waals surface area contributed by atoms with Gasteiger partial charge in [-0.2, -0.15) is 0 Å². The molecule has 0 bridgehead atoms. The van der Waals surface area contributed by atoms with Gasteiger partial charge in [0.1, 0.15) is 5.75 Å². The Bertz CT molecular complexity index is 1080. The van der Waals surface area contributed by atoms with Gasteiger partial charge in [0.2, 0.25) is 0 Å². The molecule has 7 heteroatoms. The Morgan fingerprint density at radius 2 is 2.03 bits per heavy atom. The van der Waals surface area contributed by atoms with Gasteiger partial charge in [0.15, 0.2) is 0 Å². The van der Waals surface area contributed by atoms with Crippen LogP contribution < -0.4 is 15.8 Å². The second-order valence-corrected chi connectivity index (χ2v) is 8.46. The second-order valence-electron chi connectivity index (χ2n) is 8.46. The molecule has 0 saturated carbocycles. The first-order chi connectivity index (χ1) is 15.5. The number of ether oxygens (including phenoxy) is 3. The lowest BCUT2D eigenvalue weighted by Crippen LogP contribution is -2.16. The number of nitrogen functional groups attached to an aromatic ring is 1. The third-order valence-corrected chi connectivity index (χ3v) is 5.55. The van der Waals surface area contributed by atoms with Gasteiger partial charge in [0.25, 0.3) is 0 Å². The molecule has 1 amide bonds. The standard InChI is InChI=1S/C25H31N3O4/c1-4-31-20-9-10-21-22(13-20)28(19-11-12-30-15-19)24(23(21)26)17-5-7-18(8-6-17)27-25(29)32-14-16(2)3/h5-10,13,16,19H,4,11-12,14-15,26H2,1-3H3,(H,27,29). The summed E-state index contributed by atoms with van der Waals surface area (Å²) in [6.07, 6.45) is 0.475. The summed E-state index contributed by atoms with van der Waals surface area (Å²) in [6, 6.07) is 13.9. The normalized spacial score (nSPS) is 15.9. The van der Waals surface area contributed by atoms with Crippen LogP contribution in [0.5, 0.6) is 5.75 Å². The van der Waals surface area contributed by atoms with E-state index in [4.69, 9.17) is 19.9 Å². The van der Waals surface area contributed by atoms with Crippen molar-refractivity contribution in [3.8, 4) is 17.0 Å². The number of anilines is 2. The van der Waals surface area contributed by atoms with E-state index in [0.717, 1.165) is 46.6 Å². The van der Waals surface area contributed by atoms with Crippen molar-refractivity contribution in [1.82, 2.24) is 4.57 Å². The molecule has 1 saturated heterocycles. The number of rotatable bonds is 7. The van der Waals surface area contributed by atoms with Gasteiger partial charge in [0.05, 0.1) is 42.8 Å². The number of hydrogen-bond acceptors (Lipinski definition) is 5. The number of carbonyl (C=O) groups excluding carboxylic acids is 1. The first kappa shape index (κ1) is 22.0. The third-order valence-electron chi connectivity index (χ3n) is 5.55. The van der Waals surface area contributed by atoms with E-state index in [1.165, 1.54) is 0 Å². The molecule has 32 heavy (non-hydrogen) atoms. The summed E-state index contributed by atoms with van der Waals surface area (Å²) < 4.78 is 18.9. The summed E-state index contributed by atoms with van der Waals surface area (Å²) in [5.74, 6) is 1.11. The SMILES string of the molecule is CCOc1ccc2c(N)c(-c3ccc(NC(=O)OCC(C)C)cc3)n(C3CCOC3)c2c1. The fraction of sp³-hybridized carbons (Fsp3) is 0.400. The Kier molecular flexibility index (Phi) is 6.55. The highest BCUT2D eigenvalue weighted by molar-refractivity contribution is 6.01. The average Bonchev–Trinajstić information content (AvgIpc) is 3.39. The zero-order valence-electron chi connectivity index (χ0n) is 18.9. The van der Waals surface area contributed by atoms with E-state index in [1.807, 2.05) is 57.2 Å². The summed E-state index contributed by atoms with van der Waals surface area (Å²) in [6.45, 7) is 8.34. The third kappa shape index (κ3) is 4.53. The molecule has 7 nitrogen and oxygen atoms in total. The molecule has 1 atom stereocenters. The summed E-state index contributed by atoms with van der Waals surface area (Å²) >= 11 is 0. The number of nitrogens with two attached hydrogens (primary N) is 1. The minimum absolute atomic E-state index is 0.200. The number of nitrogens with one attached hydrogen (secondary N) is 1. The van der Waals surface area contributed by atoms with E-state index in [2.05, 4.69) is 16.0 Å². The molecule has 0 aliphatic carbocycles. The van der Waals surface area contributed by atoms with Crippen molar-refractivity contribution < 1.29 is 19.0 Å². The smallest absolute Gasteiger partial charge is 0.411 e. The van der Waals surface area contributed by atoms with Gasteiger partial charge in [-0.15, -0.1) is 0 Å². The molecule has 2 aromatic carbocycles. The Hall–Kier alpha value is -3.19. The minimum Gasteiger partial charge on any atom is -0.494 e. The largest absolute Gasteiger partial charge is 0.494 e. The van der Waals surface area contributed by atoms with Crippen LogP contribution in [0.3, 0.4) is 0 Å². The van der Waals surface area contributed by atoms with Crippen LogP contribution in [0.4, 0.5) is 16.2 Å². The predicted molar refractivity (Wildman–Crippen MR) is 127 cm³/mol. The molecular formula is C25H31N3O4. The Morgan fingerprint density at radius 3 is 2.69 bits per heavy atom. The van der Waals surface area contributed by atoms with Crippen molar-refractivity contribution in [3.05, 3.63) is 42.5 Å². The molecular weight excluding hydrogens is 406 g/mol. The van der Waals surface area contributed by atoms with E-state index >= 15 is 0 Å². The lowest BCUT2D eigenvalue weighted by atomic mass is 10.1. The number of aromatic nitrogens is 1. The predicted octanol–water partition coefficient (Wildman–Crippen LogP) is 5.46. The molecule has 4 rings (SSSR count). The van der Waals surface area contributed by atoms with Gasteiger partial charge in [0, 0.05) is 29.3 Å². The van der Waals surface area contributed by atoms with Crippen LogP contribution in [0, 0.1) is 5.92 Å². The van der Waals surface area contributed by atoms with Gasteiger partial charge in [-0.05, 0) is 43.5 Å². The van der Waals surface area contributed by atoms with Gasteiger partial charge in [-0.3, -0.25) is 5.32 Å². The van der Waals surface area contributed by atoms with Crippen molar-refractivity contribution in [1.29, 1.82) is 0 Å². The van der Waals surface area contributed by atoms with E-state index in [-0.39, 0.29) is 12.0 Å². The summed E-state index contributed by atoms with van der Waals surface area (Å²) in [5.41, 5.74) is 11.0. The minimum atomic E-state index is -0.452. The van der Waals surface area contributed by atoms with Gasteiger partial charge < -0.3 is 24.5 Å². The summed E-state index contributed by atoms with van der Waals surface area (Å²) in [4.78, 5) is 12.0. The molecule has 1 fully saturated rings. The number of carbonyl (C=O) groups is 1. The van der Waals surface area contributed by atoms with E-state index in [0.29, 0.717) is 25.5 Å². The molecule has 2 heterocycles. The zero-order chi connectivity index (χ0) is 22.7. The van der Waals surface area contributed by atoms with Crippen LogP contribution in [0.1, 0.15) is 33.2 Å². The van der Waals surface area contributed by atoms with Crippen LogP contribution in [0.25, 0.3) is 22.2 Å². The maximum absolute atomic E-state index is 12.0. The summed E-state index contributed by atoms with van der Waals surface area (Å²) in [5, 5.41) is 3.77. The van der Waals surface area contributed by atoms with Crippen molar-refractivity contribution >= 4 is 28.4 Å². The van der Waals surface area contributed by atoms with Crippen molar-refractivity contribution in [2.75, 3.05) is 37.5 Å². The second kappa shape index (κ2) is 9.53. The molecule has 3 N–H and O–H groups in total. The molecule has 1 aromatic heterocycles. The molecule has 1 unspecified atom stereocenters. The fourth-order valence-electron chi connectivity index (χ4n) is 4.08. The van der Waals surface area contributed by atoms with Gasteiger partial charge in [-0.25, -0.2) is 4.79 Å². The average molecular weight is 438 g/mol. The Morgan fingerprint density at radius 1 is 1.25 bits per heavy atom. The number of amides is 1. The molecule has 3 aromatic rings. The van der Waals surface area contributed by atoms with Crippen LogP contribution >= 0.6 is 0 Å². The van der Waals surface area contributed by atoms with Crippen molar-refractivity contribution in [2.45, 2.75) is 33.2 Å². The first-order valence-corrected chi connectivity index (χ1v) is 11.2. The molecule has 1 aliphatic heterocycles. The lowest BCUT2D eigenvalue weighted by Gasteiger charge is -2.18. The highest BCUT2D eigenvalue weighted by atomic mass is 16.5. The van der Waals surface area contributed by atoms with Gasteiger partial charge in [-0.1, -0.05) is 26.0 Å². The molecule has 170 valence electrons. The van der Waals surface area contributed by atoms with E-state index in [9.17, 15) is 4.79 Å². The number of nitrogens with zero attached hydrogens (tertiary/aromatic N) is 1. The van der Waals surface area contributed by atoms with Gasteiger partial charge >= 0.3 is 6.09 Å². The molecule has 0 spiro atoms. The lowest BCUT2D eigenvalue weighted by molar-refractivity contribution is 0.147. The monoisotopic (exact) mass is 437 g/mol. The summed E-state index contributed by atoms with van der Waals surface area (Å²) in [7, 11) is 0. The number of hydrogen-bond donors (Lipinski definition) is 2. The number of fused-ring (bicyclic) bond motifs is 1. The van der Waals surface area contributed by atoms with Crippen LogP contribution in [0.15, 0.2) is 42.5 Å². The first-order valence-electron chi connectivity index (χ1n) is 11.2. The maximum atomic E-state index is 12.0. The molecule has 1 aliphatic rings. The Labute approximate surface area is 188 Å². The van der Waals surface area contributed by atoms with E-state index in [1.54, 1.807) is 0 Å². The zero-order valence-corrected chi connectivity index (χ0v) is 18.9. The van der Waals surface area contributed by atoms with Crippen molar-refractivity contribution in [3.63, 3.8) is 0 Å². The highest BCUT2D eigenvalue weighted by Crippen LogP contribution is 2.41. The molecule has 0 radical (unpaired) electrons. The topological polar surface area (TPSA) is 87.7 Å². The van der Waals surface area contributed by atoms with Crippen molar-refractivity contribution in [2.24, 2.45) is 5.92 Å². The Balaban J connectivity index is 1.69. The maximum Gasteiger partial charge on any atom is 0.411 e. The van der Waals surface area contributed by atoms with Crippen LogP contribution in [-0.2, 0) is 9.47 Å².